The average molecular weight is 442 g/mol. The number of aryl methyl sites for hydroxylation is 1. The first-order valence-corrected chi connectivity index (χ1v) is 11.3. The summed E-state index contributed by atoms with van der Waals surface area (Å²) in [6, 6.07) is 14.9. The summed E-state index contributed by atoms with van der Waals surface area (Å²) < 4.78 is 29.9. The molecule has 0 aliphatic heterocycles. The second-order valence-corrected chi connectivity index (χ2v) is 9.01. The monoisotopic (exact) mass is 441 g/mol. The van der Waals surface area contributed by atoms with Crippen molar-refractivity contribution in [1.29, 1.82) is 0 Å². The Morgan fingerprint density at radius 2 is 1.77 bits per heavy atom. The lowest BCUT2D eigenvalue weighted by molar-refractivity contribution is 0.0949. The number of carbonyl (C=O) groups is 2. The first-order chi connectivity index (χ1) is 14.7. The van der Waals surface area contributed by atoms with Crippen LogP contribution in [0.15, 0.2) is 65.3 Å². The average Bonchev–Trinajstić information content (AvgIpc) is 3.25. The van der Waals surface area contributed by atoms with Crippen molar-refractivity contribution in [2.75, 3.05) is 22.9 Å². The second kappa shape index (κ2) is 9.05. The number of nitrogens with zero attached hydrogens (tertiary/aromatic N) is 1. The van der Waals surface area contributed by atoms with E-state index in [1.807, 2.05) is 0 Å². The molecule has 2 N–H and O–H groups in total. The summed E-state index contributed by atoms with van der Waals surface area (Å²) in [5, 5.41) is 5.50. The number of hydrogen-bond acceptors (Lipinski definition) is 5. The summed E-state index contributed by atoms with van der Waals surface area (Å²) in [4.78, 5) is 25.4. The van der Waals surface area contributed by atoms with Crippen LogP contribution in [0.4, 0.5) is 11.4 Å². The van der Waals surface area contributed by atoms with E-state index in [9.17, 15) is 18.0 Å². The van der Waals surface area contributed by atoms with Gasteiger partial charge in [-0.3, -0.25) is 13.9 Å². The predicted molar refractivity (Wildman–Crippen MR) is 119 cm³/mol. The highest BCUT2D eigenvalue weighted by Gasteiger charge is 2.18. The fraction of sp³-hybridized carbons (Fsp3) is 0.182. The molecule has 0 atom stereocenters. The Morgan fingerprint density at radius 3 is 2.42 bits per heavy atom. The third-order valence-corrected chi connectivity index (χ3v) is 5.91. The number of anilines is 2. The molecule has 0 aliphatic rings. The molecule has 0 bridgehead atoms. The van der Waals surface area contributed by atoms with Crippen molar-refractivity contribution >= 4 is 33.2 Å². The summed E-state index contributed by atoms with van der Waals surface area (Å²) in [5.74, 6) is -0.152. The number of benzene rings is 2. The SMILES string of the molecule is Cc1cc(C(=O)Nc2ccccc2C(=O)NCc2ccco2)ccc1N(C)S(C)(=O)=O. The van der Waals surface area contributed by atoms with Crippen molar-refractivity contribution in [3.05, 3.63) is 83.3 Å². The normalized spacial score (nSPS) is 11.1. The Morgan fingerprint density at radius 1 is 1.03 bits per heavy atom. The van der Waals surface area contributed by atoms with Gasteiger partial charge in [0, 0.05) is 12.6 Å². The molecule has 0 saturated carbocycles. The molecule has 0 unspecified atom stereocenters. The van der Waals surface area contributed by atoms with Crippen LogP contribution in [0.1, 0.15) is 32.0 Å². The van der Waals surface area contributed by atoms with Crippen LogP contribution >= 0.6 is 0 Å². The summed E-state index contributed by atoms with van der Waals surface area (Å²) >= 11 is 0. The maximum atomic E-state index is 12.8. The molecular weight excluding hydrogens is 418 g/mol. The molecule has 31 heavy (non-hydrogen) atoms. The minimum Gasteiger partial charge on any atom is -0.467 e. The van der Waals surface area contributed by atoms with Gasteiger partial charge < -0.3 is 15.1 Å². The largest absolute Gasteiger partial charge is 0.467 e. The van der Waals surface area contributed by atoms with Gasteiger partial charge in [-0.05, 0) is 55.0 Å². The Labute approximate surface area is 180 Å². The summed E-state index contributed by atoms with van der Waals surface area (Å²) in [7, 11) is -1.96. The smallest absolute Gasteiger partial charge is 0.255 e. The predicted octanol–water partition coefficient (Wildman–Crippen LogP) is 3.17. The van der Waals surface area contributed by atoms with Gasteiger partial charge in [0.2, 0.25) is 10.0 Å². The Balaban J connectivity index is 1.76. The number of para-hydroxylation sites is 1. The number of sulfonamides is 1. The molecule has 0 aliphatic carbocycles. The van der Waals surface area contributed by atoms with Gasteiger partial charge in [0.25, 0.3) is 11.8 Å². The fourth-order valence-corrected chi connectivity index (χ4v) is 3.55. The van der Waals surface area contributed by atoms with Crippen LogP contribution in [0, 0.1) is 6.92 Å². The van der Waals surface area contributed by atoms with Gasteiger partial charge in [0.15, 0.2) is 0 Å². The highest BCUT2D eigenvalue weighted by atomic mass is 32.2. The van der Waals surface area contributed by atoms with E-state index in [4.69, 9.17) is 4.42 Å². The van der Waals surface area contributed by atoms with Crippen LogP contribution in [-0.4, -0.2) is 33.5 Å². The van der Waals surface area contributed by atoms with Crippen molar-refractivity contribution in [3.63, 3.8) is 0 Å². The molecule has 0 spiro atoms. The van der Waals surface area contributed by atoms with Crippen LogP contribution in [0.25, 0.3) is 0 Å². The van der Waals surface area contributed by atoms with E-state index in [1.165, 1.54) is 13.3 Å². The van der Waals surface area contributed by atoms with Crippen molar-refractivity contribution < 1.29 is 22.4 Å². The Bertz CT molecular complexity index is 1200. The van der Waals surface area contributed by atoms with E-state index in [0.717, 1.165) is 10.6 Å². The first kappa shape index (κ1) is 22.1. The molecule has 0 fully saturated rings. The zero-order chi connectivity index (χ0) is 22.6. The standard InChI is InChI=1S/C22H23N3O5S/c1-15-13-16(10-11-20(15)25(2)31(3,28)29)21(26)24-19-9-5-4-8-18(19)22(27)23-14-17-7-6-12-30-17/h4-13H,14H2,1-3H3,(H,23,27)(H,24,26). The topological polar surface area (TPSA) is 109 Å². The van der Waals surface area contributed by atoms with Gasteiger partial charge in [-0.1, -0.05) is 12.1 Å². The number of amides is 2. The molecule has 1 heterocycles. The van der Waals surface area contributed by atoms with Crippen molar-refractivity contribution in [2.24, 2.45) is 0 Å². The van der Waals surface area contributed by atoms with Gasteiger partial charge >= 0.3 is 0 Å². The lowest BCUT2D eigenvalue weighted by atomic mass is 10.1. The van der Waals surface area contributed by atoms with E-state index in [1.54, 1.807) is 61.5 Å². The number of nitrogens with one attached hydrogen (secondary N) is 2. The third kappa shape index (κ3) is 5.32. The summed E-state index contributed by atoms with van der Waals surface area (Å²) in [6.07, 6.45) is 2.64. The number of rotatable bonds is 7. The van der Waals surface area contributed by atoms with Crippen molar-refractivity contribution in [3.8, 4) is 0 Å². The molecule has 0 saturated heterocycles. The maximum Gasteiger partial charge on any atom is 0.255 e. The Kier molecular flexibility index (Phi) is 6.45. The molecule has 3 rings (SSSR count). The van der Waals surface area contributed by atoms with Crippen LogP contribution in [-0.2, 0) is 16.6 Å². The molecule has 9 heteroatoms. The third-order valence-electron chi connectivity index (χ3n) is 4.72. The minimum atomic E-state index is -3.42. The van der Waals surface area contributed by atoms with Crippen LogP contribution in [0.3, 0.4) is 0 Å². The van der Waals surface area contributed by atoms with E-state index < -0.39 is 15.9 Å². The van der Waals surface area contributed by atoms with Gasteiger partial charge in [-0.2, -0.15) is 0 Å². The van der Waals surface area contributed by atoms with E-state index >= 15 is 0 Å². The number of furan rings is 1. The van der Waals surface area contributed by atoms with Crippen LogP contribution in [0.2, 0.25) is 0 Å². The molecule has 2 aromatic carbocycles. The fourth-order valence-electron chi connectivity index (χ4n) is 2.99. The quantitative estimate of drug-likeness (QED) is 0.585. The van der Waals surface area contributed by atoms with Crippen molar-refractivity contribution in [1.82, 2.24) is 5.32 Å². The van der Waals surface area contributed by atoms with Crippen LogP contribution < -0.4 is 14.9 Å². The molecule has 0 radical (unpaired) electrons. The molecular formula is C22H23N3O5S. The maximum absolute atomic E-state index is 12.8. The lowest BCUT2D eigenvalue weighted by Crippen LogP contribution is -2.26. The number of hydrogen-bond donors (Lipinski definition) is 2. The molecule has 1 aromatic heterocycles. The van der Waals surface area contributed by atoms with E-state index in [0.29, 0.717) is 33.8 Å². The highest BCUT2D eigenvalue weighted by molar-refractivity contribution is 7.92. The zero-order valence-corrected chi connectivity index (χ0v) is 18.2. The molecule has 2 amide bonds. The lowest BCUT2D eigenvalue weighted by Gasteiger charge is -2.19. The summed E-state index contributed by atoms with van der Waals surface area (Å²) in [6.45, 7) is 1.95. The van der Waals surface area contributed by atoms with Gasteiger partial charge in [-0.25, -0.2) is 8.42 Å². The zero-order valence-electron chi connectivity index (χ0n) is 17.4. The second-order valence-electron chi connectivity index (χ2n) is 6.99. The van der Waals surface area contributed by atoms with Gasteiger partial charge in [0.05, 0.1) is 36.0 Å². The van der Waals surface area contributed by atoms with Crippen LogP contribution in [0.5, 0.6) is 0 Å². The highest BCUT2D eigenvalue weighted by Crippen LogP contribution is 2.23. The van der Waals surface area contributed by atoms with E-state index in [-0.39, 0.29) is 12.5 Å². The minimum absolute atomic E-state index is 0.225. The summed E-state index contributed by atoms with van der Waals surface area (Å²) in [5.41, 5.74) is 2.13. The van der Waals surface area contributed by atoms with Gasteiger partial charge in [-0.15, -0.1) is 0 Å². The molecule has 162 valence electrons. The number of carbonyl (C=O) groups excluding carboxylic acids is 2. The van der Waals surface area contributed by atoms with E-state index in [2.05, 4.69) is 10.6 Å². The molecule has 3 aromatic rings. The molecule has 8 nitrogen and oxygen atoms in total. The van der Waals surface area contributed by atoms with Gasteiger partial charge in [0.1, 0.15) is 5.76 Å². The Hall–Kier alpha value is -3.59. The first-order valence-electron chi connectivity index (χ1n) is 9.42. The van der Waals surface area contributed by atoms with Crippen molar-refractivity contribution in [2.45, 2.75) is 13.5 Å².